The minimum absolute atomic E-state index is 0.176. The molecule has 0 saturated heterocycles. The van der Waals surface area contributed by atoms with E-state index < -0.39 is 11.9 Å². The van der Waals surface area contributed by atoms with Gasteiger partial charge in [-0.3, -0.25) is 4.79 Å². The third-order valence-electron chi connectivity index (χ3n) is 5.44. The molecular formula is C22H24BrCl2NO4S. The average Bonchev–Trinajstić information content (AvgIpc) is 3.02. The van der Waals surface area contributed by atoms with Crippen molar-refractivity contribution >= 4 is 67.3 Å². The molecule has 0 saturated carbocycles. The predicted molar refractivity (Wildman–Crippen MR) is 129 cm³/mol. The Balaban J connectivity index is 1.79. The fourth-order valence-electron chi connectivity index (χ4n) is 3.70. The van der Waals surface area contributed by atoms with Crippen LogP contribution in [0.15, 0.2) is 16.6 Å². The van der Waals surface area contributed by atoms with Crippen molar-refractivity contribution in [3.05, 3.63) is 42.7 Å². The van der Waals surface area contributed by atoms with Crippen molar-refractivity contribution < 1.29 is 19.1 Å². The third-order valence-corrected chi connectivity index (χ3v) is 7.70. The van der Waals surface area contributed by atoms with Crippen LogP contribution in [0, 0.1) is 11.3 Å². The van der Waals surface area contributed by atoms with Crippen LogP contribution in [0.25, 0.3) is 0 Å². The van der Waals surface area contributed by atoms with E-state index in [1.54, 1.807) is 6.07 Å². The summed E-state index contributed by atoms with van der Waals surface area (Å²) < 4.78 is 11.1. The number of nitrogens with one attached hydrogen (secondary N) is 1. The standard InChI is InChI=1S/C22H24BrCl2NO4S/c1-22(2,3)11-5-6-13-16(7-11)31-20(18(13)21(28)29-4)26-17(27)10-30-19-14(23)8-12(24)9-15(19)25/h8-9,11H,5-7,10H2,1-4H3,(H,26,27). The van der Waals surface area contributed by atoms with Gasteiger partial charge in [-0.25, -0.2) is 4.79 Å². The molecule has 1 aromatic heterocycles. The van der Waals surface area contributed by atoms with Crippen LogP contribution in [-0.2, 0) is 22.4 Å². The van der Waals surface area contributed by atoms with Crippen LogP contribution < -0.4 is 10.1 Å². The zero-order chi connectivity index (χ0) is 22.9. The Morgan fingerprint density at radius 2 is 2.00 bits per heavy atom. The van der Waals surface area contributed by atoms with Gasteiger partial charge in [0.05, 0.1) is 22.2 Å². The quantitative estimate of drug-likeness (QED) is 0.418. The molecular weight excluding hydrogens is 525 g/mol. The SMILES string of the molecule is COC(=O)c1c(NC(=O)COc2c(Cl)cc(Cl)cc2Br)sc2c1CCC(C(C)(C)C)C2. The first-order chi connectivity index (χ1) is 14.5. The normalized spacial score (nSPS) is 15.9. The van der Waals surface area contributed by atoms with Gasteiger partial charge in [0.25, 0.3) is 5.91 Å². The van der Waals surface area contributed by atoms with Gasteiger partial charge in [0, 0.05) is 9.90 Å². The van der Waals surface area contributed by atoms with E-state index in [0.717, 1.165) is 29.7 Å². The molecule has 1 atom stereocenters. The van der Waals surface area contributed by atoms with E-state index in [0.29, 0.717) is 36.7 Å². The van der Waals surface area contributed by atoms with Crippen LogP contribution in [0.4, 0.5) is 5.00 Å². The highest BCUT2D eigenvalue weighted by molar-refractivity contribution is 9.10. The number of anilines is 1. The number of thiophene rings is 1. The first-order valence-corrected chi connectivity index (χ1v) is 12.2. The summed E-state index contributed by atoms with van der Waals surface area (Å²) >= 11 is 16.9. The van der Waals surface area contributed by atoms with E-state index in [-0.39, 0.29) is 12.0 Å². The van der Waals surface area contributed by atoms with Crippen LogP contribution in [0.3, 0.4) is 0 Å². The molecule has 1 aliphatic carbocycles. The number of benzene rings is 1. The Labute approximate surface area is 204 Å². The van der Waals surface area contributed by atoms with E-state index >= 15 is 0 Å². The van der Waals surface area contributed by atoms with Crippen molar-refractivity contribution in [2.24, 2.45) is 11.3 Å². The van der Waals surface area contributed by atoms with E-state index in [1.807, 2.05) is 0 Å². The predicted octanol–water partition coefficient (Wildman–Crippen LogP) is 6.77. The fraction of sp³-hybridized carbons (Fsp3) is 0.455. The highest BCUT2D eigenvalue weighted by Gasteiger charge is 2.34. The molecule has 1 amide bonds. The van der Waals surface area contributed by atoms with E-state index in [4.69, 9.17) is 32.7 Å². The second-order valence-electron chi connectivity index (χ2n) is 8.54. The maximum absolute atomic E-state index is 12.6. The van der Waals surface area contributed by atoms with Crippen molar-refractivity contribution in [2.75, 3.05) is 19.0 Å². The second kappa shape index (κ2) is 9.69. The molecule has 0 bridgehead atoms. The van der Waals surface area contributed by atoms with Gasteiger partial charge in [0.2, 0.25) is 0 Å². The number of carbonyl (C=O) groups excluding carboxylic acids is 2. The number of methoxy groups -OCH3 is 1. The molecule has 5 nitrogen and oxygen atoms in total. The number of fused-ring (bicyclic) bond motifs is 1. The highest BCUT2D eigenvalue weighted by Crippen LogP contribution is 2.44. The van der Waals surface area contributed by atoms with E-state index in [1.165, 1.54) is 24.5 Å². The number of hydrogen-bond donors (Lipinski definition) is 1. The molecule has 1 aromatic carbocycles. The van der Waals surface area contributed by atoms with Crippen LogP contribution in [0.1, 0.15) is 48.0 Å². The van der Waals surface area contributed by atoms with Gasteiger partial charge >= 0.3 is 5.97 Å². The van der Waals surface area contributed by atoms with Gasteiger partial charge in [-0.2, -0.15) is 0 Å². The largest absolute Gasteiger partial charge is 0.481 e. The Kier molecular flexibility index (Phi) is 7.62. The zero-order valence-corrected chi connectivity index (χ0v) is 21.6. The van der Waals surface area contributed by atoms with Crippen molar-refractivity contribution in [2.45, 2.75) is 40.0 Å². The lowest BCUT2D eigenvalue weighted by Gasteiger charge is -2.33. The highest BCUT2D eigenvalue weighted by atomic mass is 79.9. The first kappa shape index (κ1) is 24.4. The first-order valence-electron chi connectivity index (χ1n) is 9.81. The van der Waals surface area contributed by atoms with Crippen molar-refractivity contribution in [1.29, 1.82) is 0 Å². The summed E-state index contributed by atoms with van der Waals surface area (Å²) in [5, 5.41) is 4.07. The Morgan fingerprint density at radius 1 is 1.29 bits per heavy atom. The lowest BCUT2D eigenvalue weighted by Crippen LogP contribution is -2.26. The van der Waals surface area contributed by atoms with Crippen LogP contribution in [0.5, 0.6) is 5.75 Å². The summed E-state index contributed by atoms with van der Waals surface area (Å²) in [5.41, 5.74) is 1.61. The van der Waals surface area contributed by atoms with Crippen LogP contribution >= 0.6 is 50.5 Å². The topological polar surface area (TPSA) is 64.6 Å². The van der Waals surface area contributed by atoms with Crippen LogP contribution in [0.2, 0.25) is 10.0 Å². The monoisotopic (exact) mass is 547 g/mol. The number of halogens is 3. The molecule has 3 rings (SSSR count). The second-order valence-corrected chi connectivity index (χ2v) is 11.3. The Bertz CT molecular complexity index is 993. The average molecular weight is 549 g/mol. The van der Waals surface area contributed by atoms with Crippen LogP contribution in [-0.4, -0.2) is 25.6 Å². The molecule has 2 aromatic rings. The molecule has 9 heteroatoms. The summed E-state index contributed by atoms with van der Waals surface area (Å²) in [5.74, 6) is 0.00813. The Morgan fingerprint density at radius 3 is 2.61 bits per heavy atom. The minimum Gasteiger partial charge on any atom is -0.481 e. The molecule has 1 heterocycles. The molecule has 0 spiro atoms. The molecule has 1 N–H and O–H groups in total. The van der Waals surface area contributed by atoms with Gasteiger partial charge < -0.3 is 14.8 Å². The zero-order valence-electron chi connectivity index (χ0n) is 17.7. The molecule has 0 radical (unpaired) electrons. The van der Waals surface area contributed by atoms with Crippen molar-refractivity contribution in [3.8, 4) is 5.75 Å². The summed E-state index contributed by atoms with van der Waals surface area (Å²) in [6.07, 6.45) is 2.67. The van der Waals surface area contributed by atoms with Gasteiger partial charge in [0.1, 0.15) is 5.00 Å². The Hall–Kier alpha value is -1.28. The summed E-state index contributed by atoms with van der Waals surface area (Å²) in [4.78, 5) is 26.2. The summed E-state index contributed by atoms with van der Waals surface area (Å²) in [7, 11) is 1.35. The van der Waals surface area contributed by atoms with Gasteiger partial charge in [0.15, 0.2) is 12.4 Å². The van der Waals surface area contributed by atoms with E-state index in [9.17, 15) is 9.59 Å². The molecule has 0 aliphatic heterocycles. The van der Waals surface area contributed by atoms with Gasteiger partial charge in [-0.15, -0.1) is 11.3 Å². The van der Waals surface area contributed by atoms with Gasteiger partial charge in [-0.1, -0.05) is 44.0 Å². The number of carbonyl (C=O) groups is 2. The number of ether oxygens (including phenoxy) is 2. The maximum Gasteiger partial charge on any atom is 0.341 e. The molecule has 168 valence electrons. The third kappa shape index (κ3) is 5.56. The minimum atomic E-state index is -0.439. The number of esters is 1. The number of rotatable bonds is 5. The maximum atomic E-state index is 12.6. The molecule has 31 heavy (non-hydrogen) atoms. The fourth-order valence-corrected chi connectivity index (χ4v) is 6.40. The lowest BCUT2D eigenvalue weighted by atomic mass is 9.72. The number of amides is 1. The summed E-state index contributed by atoms with van der Waals surface area (Å²) in [6, 6.07) is 3.17. The van der Waals surface area contributed by atoms with Crippen molar-refractivity contribution in [3.63, 3.8) is 0 Å². The summed E-state index contributed by atoms with van der Waals surface area (Å²) in [6.45, 7) is 6.43. The van der Waals surface area contributed by atoms with Gasteiger partial charge in [-0.05, 0) is 64.2 Å². The molecule has 0 fully saturated rings. The molecule has 1 unspecified atom stereocenters. The number of hydrogen-bond acceptors (Lipinski definition) is 5. The smallest absolute Gasteiger partial charge is 0.341 e. The molecule has 1 aliphatic rings. The lowest BCUT2D eigenvalue weighted by molar-refractivity contribution is -0.118. The van der Waals surface area contributed by atoms with Crippen molar-refractivity contribution in [1.82, 2.24) is 0 Å². The van der Waals surface area contributed by atoms with E-state index in [2.05, 4.69) is 42.0 Å².